The first-order valence-corrected chi connectivity index (χ1v) is 6.70. The van der Waals surface area contributed by atoms with Gasteiger partial charge in [0, 0.05) is 13.1 Å². The smallest absolute Gasteiger partial charge is 0.450 e. The highest BCUT2D eigenvalue weighted by Gasteiger charge is 2.35. The zero-order valence-corrected chi connectivity index (χ0v) is 11.6. The predicted octanol–water partition coefficient (Wildman–Crippen LogP) is -0.423. The number of likely N-dealkylation sites (tertiary alicyclic amines) is 2. The number of hydrogen-bond acceptors (Lipinski definition) is 6. The lowest BCUT2D eigenvalue weighted by Crippen LogP contribution is -2.37. The average molecular weight is 316 g/mol. The second kappa shape index (κ2) is 6.50. The monoisotopic (exact) mass is 316 g/mol. The van der Waals surface area contributed by atoms with Crippen molar-refractivity contribution in [3.63, 3.8) is 0 Å². The molecule has 0 aliphatic carbocycles. The molecule has 2 saturated heterocycles. The fourth-order valence-corrected chi connectivity index (χ4v) is 2.59. The Bertz CT molecular complexity index is 450. The van der Waals surface area contributed by atoms with Crippen molar-refractivity contribution in [2.45, 2.75) is 25.0 Å². The Morgan fingerprint density at radius 3 is 1.59 bits per heavy atom. The molecule has 0 aromatic carbocycles. The third-order valence-electron chi connectivity index (χ3n) is 3.53. The molecular weight excluding hydrogens is 300 g/mol. The molecule has 2 amide bonds. The summed E-state index contributed by atoms with van der Waals surface area (Å²) in [6.45, 7) is 0.790. The van der Waals surface area contributed by atoms with Crippen LogP contribution in [0.25, 0.3) is 0 Å². The van der Waals surface area contributed by atoms with Gasteiger partial charge in [0.05, 0.1) is 25.9 Å². The minimum Gasteiger partial charge on any atom is -0.450 e. The Hall–Kier alpha value is -2.52. The molecule has 2 aliphatic rings. The van der Waals surface area contributed by atoms with E-state index in [0.717, 1.165) is 0 Å². The van der Waals surface area contributed by atoms with Crippen molar-refractivity contribution in [2.24, 2.45) is 0 Å². The van der Waals surface area contributed by atoms with Gasteiger partial charge in [-0.1, -0.05) is 0 Å². The second-order valence-corrected chi connectivity index (χ2v) is 5.10. The van der Waals surface area contributed by atoms with Crippen LogP contribution in [-0.4, -0.2) is 82.5 Å². The van der Waals surface area contributed by atoms with E-state index < -0.39 is 24.5 Å². The normalized spacial score (nSPS) is 24.7. The lowest BCUT2D eigenvalue weighted by Gasteiger charge is -2.21. The number of hydrogen-bond donors (Lipinski definition) is 2. The van der Waals surface area contributed by atoms with E-state index in [4.69, 9.17) is 10.2 Å². The molecule has 10 heteroatoms. The van der Waals surface area contributed by atoms with Gasteiger partial charge < -0.3 is 29.5 Å². The highest BCUT2D eigenvalue weighted by Crippen LogP contribution is 2.17. The summed E-state index contributed by atoms with van der Waals surface area (Å²) < 4.78 is 9.11. The van der Waals surface area contributed by atoms with Gasteiger partial charge in [-0.15, -0.1) is 0 Å². The fourth-order valence-electron chi connectivity index (χ4n) is 2.59. The summed E-state index contributed by atoms with van der Waals surface area (Å²) in [6.07, 6.45) is -4.26. The van der Waals surface area contributed by atoms with Crippen molar-refractivity contribution in [1.29, 1.82) is 0 Å². The van der Waals surface area contributed by atoms with Gasteiger partial charge in [0.15, 0.2) is 0 Å². The van der Waals surface area contributed by atoms with Crippen LogP contribution in [0.4, 0.5) is 9.59 Å². The van der Waals surface area contributed by atoms with Crippen LogP contribution in [0.15, 0.2) is 0 Å². The lowest BCUT2D eigenvalue weighted by atomic mass is 10.3. The Kier molecular flexibility index (Phi) is 4.68. The van der Waals surface area contributed by atoms with Gasteiger partial charge in [0.25, 0.3) is 0 Å². The summed E-state index contributed by atoms with van der Waals surface area (Å²) in [5.74, 6) is -0.479. The first-order chi connectivity index (χ1) is 10.3. The van der Waals surface area contributed by atoms with Crippen LogP contribution >= 0.6 is 0 Å². The highest BCUT2D eigenvalue weighted by atomic mass is 16.7. The molecule has 22 heavy (non-hydrogen) atoms. The number of carbonyl (C=O) groups excluding carboxylic acids is 2. The van der Waals surface area contributed by atoms with E-state index in [9.17, 15) is 19.2 Å². The minimum atomic E-state index is -1.43. The zero-order chi connectivity index (χ0) is 16.3. The van der Waals surface area contributed by atoms with E-state index in [1.807, 2.05) is 0 Å². The molecule has 0 aromatic heterocycles. The van der Waals surface area contributed by atoms with Crippen LogP contribution in [0.1, 0.15) is 12.8 Å². The largest absolute Gasteiger partial charge is 0.506 e. The van der Waals surface area contributed by atoms with Gasteiger partial charge in [-0.2, -0.15) is 0 Å². The molecule has 2 aliphatic heterocycles. The molecule has 0 saturated carbocycles. The van der Waals surface area contributed by atoms with Crippen molar-refractivity contribution >= 4 is 24.1 Å². The molecule has 10 nitrogen and oxygen atoms in total. The zero-order valence-electron chi connectivity index (χ0n) is 11.6. The van der Waals surface area contributed by atoms with Crippen molar-refractivity contribution in [3.05, 3.63) is 0 Å². The quantitative estimate of drug-likeness (QED) is 0.653. The molecule has 0 radical (unpaired) electrons. The number of nitrogens with zero attached hydrogens (tertiary/aromatic N) is 2. The topological polar surface area (TPSA) is 134 Å². The Balaban J connectivity index is 1.78. The van der Waals surface area contributed by atoms with Gasteiger partial charge in [-0.05, 0) is 0 Å². The van der Waals surface area contributed by atoms with E-state index >= 15 is 0 Å². The van der Waals surface area contributed by atoms with E-state index in [1.165, 1.54) is 9.80 Å². The molecular formula is C12H16N2O8. The van der Waals surface area contributed by atoms with E-state index in [0.29, 0.717) is 0 Å². The number of carboxylic acid groups (broad SMARTS) is 2. The molecule has 2 fully saturated rings. The molecule has 2 heterocycles. The third-order valence-corrected chi connectivity index (χ3v) is 3.53. The van der Waals surface area contributed by atoms with Crippen LogP contribution in [0.2, 0.25) is 0 Å². The van der Waals surface area contributed by atoms with Gasteiger partial charge in [-0.25, -0.2) is 9.59 Å². The summed E-state index contributed by atoms with van der Waals surface area (Å²) in [6, 6.07) is 0. The van der Waals surface area contributed by atoms with E-state index in [2.05, 4.69) is 9.47 Å². The Labute approximate surface area is 125 Å². The van der Waals surface area contributed by atoms with Crippen molar-refractivity contribution in [3.8, 4) is 0 Å². The van der Waals surface area contributed by atoms with Gasteiger partial charge in [-0.3, -0.25) is 9.59 Å². The van der Waals surface area contributed by atoms with E-state index in [-0.39, 0.29) is 50.8 Å². The molecule has 2 rings (SSSR count). The third kappa shape index (κ3) is 3.99. The van der Waals surface area contributed by atoms with Gasteiger partial charge >= 0.3 is 12.3 Å². The SMILES string of the molecule is O=C(O)OC1CC(=O)N(CCN2CC(OC(=O)O)CC2=O)C1. The van der Waals surface area contributed by atoms with Crippen LogP contribution in [-0.2, 0) is 19.1 Å². The first kappa shape index (κ1) is 15.9. The number of carbonyl (C=O) groups is 4. The Morgan fingerprint density at radius 2 is 1.27 bits per heavy atom. The average Bonchev–Trinajstić information content (AvgIpc) is 2.88. The first-order valence-electron chi connectivity index (χ1n) is 6.70. The minimum absolute atomic E-state index is 0.00893. The van der Waals surface area contributed by atoms with Crippen molar-refractivity contribution in [1.82, 2.24) is 9.80 Å². The summed E-state index contributed by atoms with van der Waals surface area (Å²) in [4.78, 5) is 47.1. The van der Waals surface area contributed by atoms with Crippen LogP contribution in [0.3, 0.4) is 0 Å². The van der Waals surface area contributed by atoms with Crippen molar-refractivity contribution in [2.75, 3.05) is 26.2 Å². The number of amides is 2. The lowest BCUT2D eigenvalue weighted by molar-refractivity contribution is -0.131. The summed E-state index contributed by atoms with van der Waals surface area (Å²) in [5.41, 5.74) is 0. The fraction of sp³-hybridized carbons (Fsp3) is 0.667. The molecule has 0 spiro atoms. The summed E-state index contributed by atoms with van der Waals surface area (Å²) in [7, 11) is 0. The predicted molar refractivity (Wildman–Crippen MR) is 68.2 cm³/mol. The second-order valence-electron chi connectivity index (χ2n) is 5.10. The van der Waals surface area contributed by atoms with Gasteiger partial charge in [0.1, 0.15) is 12.2 Å². The van der Waals surface area contributed by atoms with Crippen LogP contribution in [0.5, 0.6) is 0 Å². The highest BCUT2D eigenvalue weighted by molar-refractivity contribution is 5.80. The standard InChI is InChI=1S/C12H16N2O8/c15-9-3-7(21-11(17)18)5-13(9)1-2-14-6-8(4-10(14)16)22-12(19)20/h7-8H,1-6H2,(H,17,18)(H,19,20). The van der Waals surface area contributed by atoms with Crippen LogP contribution in [0, 0.1) is 0 Å². The molecule has 122 valence electrons. The molecule has 0 bridgehead atoms. The van der Waals surface area contributed by atoms with Crippen molar-refractivity contribution < 1.29 is 38.9 Å². The molecule has 2 N–H and O–H groups in total. The van der Waals surface area contributed by atoms with E-state index in [1.54, 1.807) is 0 Å². The summed E-state index contributed by atoms with van der Waals surface area (Å²) >= 11 is 0. The molecule has 2 unspecified atom stereocenters. The Morgan fingerprint density at radius 1 is 0.909 bits per heavy atom. The number of rotatable bonds is 5. The maximum atomic E-state index is 11.7. The number of ether oxygens (including phenoxy) is 2. The molecule has 2 atom stereocenters. The summed E-state index contributed by atoms with van der Waals surface area (Å²) in [5, 5.41) is 17.0. The maximum Gasteiger partial charge on any atom is 0.506 e. The maximum absolute atomic E-state index is 11.7. The van der Waals surface area contributed by atoms with Crippen LogP contribution < -0.4 is 0 Å². The molecule has 0 aromatic rings. The van der Waals surface area contributed by atoms with Gasteiger partial charge in [0.2, 0.25) is 11.8 Å².